The molecule has 1 saturated heterocycles. The van der Waals surface area contributed by atoms with E-state index in [1.54, 1.807) is 0 Å². The lowest BCUT2D eigenvalue weighted by molar-refractivity contribution is -0.0136. The summed E-state index contributed by atoms with van der Waals surface area (Å²) < 4.78 is 7.20. The van der Waals surface area contributed by atoms with Crippen LogP contribution in [0.25, 0.3) is 0 Å². The van der Waals surface area contributed by atoms with Gasteiger partial charge in [-0.3, -0.25) is 14.3 Å². The van der Waals surface area contributed by atoms with Crippen molar-refractivity contribution in [2.45, 2.75) is 44.4 Å². The first-order valence-electron chi connectivity index (χ1n) is 6.03. The molecular formula is C12H17ClN2O3. The lowest BCUT2D eigenvalue weighted by Gasteiger charge is -2.27. The van der Waals surface area contributed by atoms with Gasteiger partial charge in [-0.15, -0.1) is 11.6 Å². The van der Waals surface area contributed by atoms with Gasteiger partial charge in [-0.25, -0.2) is 4.79 Å². The molecule has 0 aromatic carbocycles. The van der Waals surface area contributed by atoms with Crippen LogP contribution in [0.2, 0.25) is 0 Å². The van der Waals surface area contributed by atoms with Crippen molar-refractivity contribution in [1.29, 1.82) is 0 Å². The van der Waals surface area contributed by atoms with E-state index in [4.69, 9.17) is 16.3 Å². The van der Waals surface area contributed by atoms with Gasteiger partial charge in [-0.1, -0.05) is 13.8 Å². The summed E-state index contributed by atoms with van der Waals surface area (Å²) in [6, 6.07) is 1.29. The Balaban J connectivity index is 2.45. The maximum atomic E-state index is 11.8. The van der Waals surface area contributed by atoms with E-state index in [-0.39, 0.29) is 12.0 Å². The van der Waals surface area contributed by atoms with E-state index in [2.05, 4.69) is 4.98 Å². The van der Waals surface area contributed by atoms with Crippen LogP contribution in [0.3, 0.4) is 0 Å². The molecule has 0 saturated carbocycles. The van der Waals surface area contributed by atoms with Crippen molar-refractivity contribution in [3.63, 3.8) is 0 Å². The first kappa shape index (κ1) is 13.4. The van der Waals surface area contributed by atoms with Gasteiger partial charge in [0.05, 0.1) is 11.0 Å². The summed E-state index contributed by atoms with van der Waals surface area (Å²) in [5.74, 6) is 0.119. The van der Waals surface area contributed by atoms with Gasteiger partial charge in [0, 0.05) is 18.2 Å². The van der Waals surface area contributed by atoms with Crippen molar-refractivity contribution in [3.05, 3.63) is 33.1 Å². The number of nitrogens with one attached hydrogen (secondary N) is 1. The summed E-state index contributed by atoms with van der Waals surface area (Å²) in [4.78, 5) is 24.4. The Morgan fingerprint density at radius 3 is 2.72 bits per heavy atom. The fourth-order valence-corrected chi connectivity index (χ4v) is 2.70. The third-order valence-electron chi connectivity index (χ3n) is 3.74. The van der Waals surface area contributed by atoms with Crippen LogP contribution in [-0.4, -0.2) is 20.5 Å². The predicted molar refractivity (Wildman–Crippen MR) is 68.9 cm³/mol. The Labute approximate surface area is 110 Å². The number of aromatic nitrogens is 2. The van der Waals surface area contributed by atoms with Gasteiger partial charge in [0.1, 0.15) is 0 Å². The standard InChI is InChI=1S/C12H17ClN2O3/c1-4-8-7(2)12(3,13)10(18-8)15-6-5-9(16)14-11(15)17/h5-8,10H,4H2,1-3H3,(H,14,16,17)/t7-,8-,10-,12-/m1/s1. The summed E-state index contributed by atoms with van der Waals surface area (Å²) >= 11 is 6.53. The molecule has 5 nitrogen and oxygen atoms in total. The summed E-state index contributed by atoms with van der Waals surface area (Å²) in [5, 5.41) is 0. The van der Waals surface area contributed by atoms with Gasteiger partial charge in [0.15, 0.2) is 6.23 Å². The Bertz CT molecular complexity index is 549. The number of rotatable bonds is 2. The number of halogens is 1. The third kappa shape index (κ3) is 2.01. The number of nitrogens with zero attached hydrogens (tertiary/aromatic N) is 1. The van der Waals surface area contributed by atoms with Crippen LogP contribution in [0, 0.1) is 5.92 Å². The van der Waals surface area contributed by atoms with Gasteiger partial charge in [-0.05, 0) is 13.3 Å². The minimum absolute atomic E-state index is 0.0105. The fraction of sp³-hybridized carbons (Fsp3) is 0.667. The summed E-state index contributed by atoms with van der Waals surface area (Å²) in [6.45, 7) is 5.89. The number of aromatic amines is 1. The van der Waals surface area contributed by atoms with Crippen molar-refractivity contribution in [1.82, 2.24) is 9.55 Å². The molecule has 4 atom stereocenters. The van der Waals surface area contributed by atoms with Crippen molar-refractivity contribution >= 4 is 11.6 Å². The Morgan fingerprint density at radius 1 is 1.56 bits per heavy atom. The van der Waals surface area contributed by atoms with E-state index in [0.29, 0.717) is 0 Å². The van der Waals surface area contributed by atoms with Crippen LogP contribution >= 0.6 is 11.6 Å². The van der Waals surface area contributed by atoms with Crippen LogP contribution < -0.4 is 11.2 Å². The number of H-pyrrole nitrogens is 1. The van der Waals surface area contributed by atoms with E-state index in [1.165, 1.54) is 16.8 Å². The molecule has 6 heteroatoms. The first-order chi connectivity index (χ1) is 8.37. The molecular weight excluding hydrogens is 256 g/mol. The van der Waals surface area contributed by atoms with Gasteiger partial charge in [0.2, 0.25) is 0 Å². The van der Waals surface area contributed by atoms with Gasteiger partial charge < -0.3 is 4.74 Å². The highest BCUT2D eigenvalue weighted by Crippen LogP contribution is 2.47. The molecule has 1 N–H and O–H groups in total. The molecule has 1 aliphatic heterocycles. The van der Waals surface area contributed by atoms with E-state index in [0.717, 1.165) is 6.42 Å². The zero-order valence-corrected chi connectivity index (χ0v) is 11.4. The summed E-state index contributed by atoms with van der Waals surface area (Å²) in [5.41, 5.74) is -0.922. The zero-order chi connectivity index (χ0) is 13.5. The summed E-state index contributed by atoms with van der Waals surface area (Å²) in [7, 11) is 0. The van der Waals surface area contributed by atoms with E-state index >= 15 is 0 Å². The summed E-state index contributed by atoms with van der Waals surface area (Å²) in [6.07, 6.45) is 1.70. The second-order valence-corrected chi connectivity index (χ2v) is 5.71. The smallest absolute Gasteiger partial charge is 0.330 e. The fourth-order valence-electron chi connectivity index (χ4n) is 2.40. The van der Waals surface area contributed by atoms with E-state index in [1.807, 2.05) is 20.8 Å². The second-order valence-electron chi connectivity index (χ2n) is 4.89. The molecule has 1 aliphatic rings. The highest BCUT2D eigenvalue weighted by Gasteiger charge is 2.50. The first-order valence-corrected chi connectivity index (χ1v) is 6.41. The Hall–Kier alpha value is -1.07. The molecule has 1 fully saturated rings. The van der Waals surface area contributed by atoms with Crippen LogP contribution in [0.15, 0.2) is 21.9 Å². The van der Waals surface area contributed by atoms with Gasteiger partial charge >= 0.3 is 5.69 Å². The van der Waals surface area contributed by atoms with Crippen molar-refractivity contribution in [3.8, 4) is 0 Å². The second kappa shape index (κ2) is 4.55. The van der Waals surface area contributed by atoms with Crippen LogP contribution in [0.5, 0.6) is 0 Å². The van der Waals surface area contributed by atoms with Gasteiger partial charge in [0.25, 0.3) is 5.56 Å². The molecule has 1 aromatic heterocycles. The van der Waals surface area contributed by atoms with Crippen LogP contribution in [0.4, 0.5) is 0 Å². The molecule has 18 heavy (non-hydrogen) atoms. The topological polar surface area (TPSA) is 64.1 Å². The monoisotopic (exact) mass is 272 g/mol. The maximum absolute atomic E-state index is 11.8. The number of ether oxygens (including phenoxy) is 1. The minimum Gasteiger partial charge on any atom is -0.352 e. The molecule has 2 heterocycles. The van der Waals surface area contributed by atoms with E-state index < -0.39 is 22.4 Å². The van der Waals surface area contributed by atoms with Crippen LogP contribution in [-0.2, 0) is 4.74 Å². The molecule has 0 amide bonds. The normalized spacial score (nSPS) is 35.9. The maximum Gasteiger partial charge on any atom is 0.330 e. The molecule has 0 radical (unpaired) electrons. The predicted octanol–water partition coefficient (Wildman–Crippen LogP) is 1.48. The molecule has 100 valence electrons. The Morgan fingerprint density at radius 2 is 2.22 bits per heavy atom. The molecule has 0 unspecified atom stereocenters. The number of hydrogen-bond acceptors (Lipinski definition) is 3. The lowest BCUT2D eigenvalue weighted by Crippen LogP contribution is -2.39. The number of hydrogen-bond donors (Lipinski definition) is 1. The molecule has 0 spiro atoms. The average Bonchev–Trinajstić information content (AvgIpc) is 2.52. The van der Waals surface area contributed by atoms with E-state index in [9.17, 15) is 9.59 Å². The number of alkyl halides is 1. The van der Waals surface area contributed by atoms with Crippen LogP contribution in [0.1, 0.15) is 33.4 Å². The lowest BCUT2D eigenvalue weighted by atomic mass is 9.90. The third-order valence-corrected chi connectivity index (χ3v) is 4.27. The van der Waals surface area contributed by atoms with Gasteiger partial charge in [-0.2, -0.15) is 0 Å². The quantitative estimate of drug-likeness (QED) is 0.830. The molecule has 0 bridgehead atoms. The van der Waals surface area contributed by atoms with Crippen molar-refractivity contribution < 1.29 is 4.74 Å². The minimum atomic E-state index is -0.678. The Kier molecular flexibility index (Phi) is 3.38. The van der Waals surface area contributed by atoms with Crippen molar-refractivity contribution in [2.75, 3.05) is 0 Å². The largest absolute Gasteiger partial charge is 0.352 e. The SMILES string of the molecule is CC[C@H]1O[C@@H](n2ccc(=O)[nH]c2=O)[C@](C)(Cl)[C@@H]1C. The molecule has 2 rings (SSSR count). The highest BCUT2D eigenvalue weighted by atomic mass is 35.5. The molecule has 0 aliphatic carbocycles. The highest BCUT2D eigenvalue weighted by molar-refractivity contribution is 6.24. The zero-order valence-electron chi connectivity index (χ0n) is 10.6. The molecule has 1 aromatic rings. The van der Waals surface area contributed by atoms with Crippen molar-refractivity contribution in [2.24, 2.45) is 5.92 Å². The average molecular weight is 273 g/mol.